The van der Waals surface area contributed by atoms with Crippen molar-refractivity contribution in [2.45, 2.75) is 38.1 Å². The van der Waals surface area contributed by atoms with Gasteiger partial charge in [0, 0.05) is 37.7 Å². The molecule has 2 aliphatic rings. The molecule has 2 saturated heterocycles. The number of rotatable bonds is 4. The van der Waals surface area contributed by atoms with Gasteiger partial charge in [-0.3, -0.25) is 9.59 Å². The van der Waals surface area contributed by atoms with E-state index in [9.17, 15) is 9.59 Å². The average molecular weight is 462 g/mol. The molecule has 9 heteroatoms. The fraction of sp³-hybridized carbons (Fsp3) is 0.455. The summed E-state index contributed by atoms with van der Waals surface area (Å²) in [4.78, 5) is 38.9. The van der Waals surface area contributed by atoms with Crippen molar-refractivity contribution in [3.05, 3.63) is 46.7 Å². The highest BCUT2D eigenvalue weighted by Crippen LogP contribution is 2.28. The van der Waals surface area contributed by atoms with E-state index in [1.165, 1.54) is 0 Å². The van der Waals surface area contributed by atoms with E-state index in [4.69, 9.17) is 23.2 Å². The van der Waals surface area contributed by atoms with E-state index in [-0.39, 0.29) is 17.7 Å². The molecule has 4 rings (SSSR count). The van der Waals surface area contributed by atoms with E-state index >= 15 is 0 Å². The molecular weight excluding hydrogens is 437 g/mol. The number of nitrogens with one attached hydrogen (secondary N) is 1. The fourth-order valence-corrected chi connectivity index (χ4v) is 4.61. The monoisotopic (exact) mass is 461 g/mol. The molecule has 2 atom stereocenters. The lowest BCUT2D eigenvalue weighted by molar-refractivity contribution is -0.144. The number of halogens is 2. The molecule has 2 unspecified atom stereocenters. The van der Waals surface area contributed by atoms with E-state index in [1.807, 2.05) is 0 Å². The summed E-state index contributed by atoms with van der Waals surface area (Å²) in [6, 6.07) is 6.27. The SMILES string of the molecule is O=C(Nc1ccc(Cl)c(Cl)c1)C1CCCCN1C(=O)C1CCCN(c2ncccn2)C1. The predicted octanol–water partition coefficient (Wildman–Crippen LogP) is 4.02. The van der Waals surface area contributed by atoms with Crippen molar-refractivity contribution in [2.75, 3.05) is 29.9 Å². The van der Waals surface area contributed by atoms with E-state index in [1.54, 1.807) is 41.6 Å². The minimum absolute atomic E-state index is 0.0367. The van der Waals surface area contributed by atoms with Gasteiger partial charge in [-0.2, -0.15) is 0 Å². The number of hydrogen-bond donors (Lipinski definition) is 1. The predicted molar refractivity (Wildman–Crippen MR) is 121 cm³/mol. The van der Waals surface area contributed by atoms with Gasteiger partial charge >= 0.3 is 0 Å². The van der Waals surface area contributed by atoms with Crippen LogP contribution in [0, 0.1) is 5.92 Å². The zero-order valence-corrected chi connectivity index (χ0v) is 18.6. The molecule has 3 heterocycles. The van der Waals surface area contributed by atoms with Gasteiger partial charge in [0.25, 0.3) is 0 Å². The lowest BCUT2D eigenvalue weighted by atomic mass is 9.93. The molecule has 1 N–H and O–H groups in total. The highest BCUT2D eigenvalue weighted by molar-refractivity contribution is 6.42. The van der Waals surface area contributed by atoms with Gasteiger partial charge in [0.15, 0.2) is 0 Å². The van der Waals surface area contributed by atoms with Crippen LogP contribution in [0.4, 0.5) is 11.6 Å². The molecule has 7 nitrogen and oxygen atoms in total. The second-order valence-corrected chi connectivity index (χ2v) is 8.81. The maximum Gasteiger partial charge on any atom is 0.247 e. The number of aromatic nitrogens is 2. The summed E-state index contributed by atoms with van der Waals surface area (Å²) in [5.41, 5.74) is 0.572. The molecule has 2 aromatic rings. The smallest absolute Gasteiger partial charge is 0.247 e. The van der Waals surface area contributed by atoms with Crippen molar-refractivity contribution < 1.29 is 9.59 Å². The van der Waals surface area contributed by atoms with Crippen molar-refractivity contribution in [3.63, 3.8) is 0 Å². The lowest BCUT2D eigenvalue weighted by Crippen LogP contribution is -2.54. The Bertz CT molecular complexity index is 943. The number of amides is 2. The molecule has 1 aromatic heterocycles. The Labute approximate surface area is 191 Å². The second-order valence-electron chi connectivity index (χ2n) is 8.00. The van der Waals surface area contributed by atoms with Crippen LogP contribution in [0.1, 0.15) is 32.1 Å². The van der Waals surface area contributed by atoms with Gasteiger partial charge in [-0.25, -0.2) is 9.97 Å². The summed E-state index contributed by atoms with van der Waals surface area (Å²) >= 11 is 12.0. The topological polar surface area (TPSA) is 78.4 Å². The van der Waals surface area contributed by atoms with E-state index in [0.717, 1.165) is 32.2 Å². The van der Waals surface area contributed by atoms with Crippen molar-refractivity contribution in [1.82, 2.24) is 14.9 Å². The first-order valence-corrected chi connectivity index (χ1v) is 11.4. The van der Waals surface area contributed by atoms with Crippen LogP contribution in [-0.2, 0) is 9.59 Å². The summed E-state index contributed by atoms with van der Waals surface area (Å²) in [5.74, 6) is 0.323. The molecule has 2 fully saturated rings. The Morgan fingerprint density at radius 2 is 1.81 bits per heavy atom. The summed E-state index contributed by atoms with van der Waals surface area (Å²) in [6.07, 6.45) is 7.58. The molecule has 1 aromatic carbocycles. The summed E-state index contributed by atoms with van der Waals surface area (Å²) in [5, 5.41) is 3.70. The standard InChI is InChI=1S/C22H25Cl2N5O2/c23-17-8-7-16(13-18(17)24)27-20(30)19-6-1-2-12-29(19)21(31)15-5-3-11-28(14-15)22-25-9-4-10-26-22/h4,7-10,13,15,19H,1-3,5-6,11-12,14H2,(H,27,30). The van der Waals surface area contributed by atoms with Gasteiger partial charge in [0.1, 0.15) is 6.04 Å². The number of nitrogens with zero attached hydrogens (tertiary/aromatic N) is 4. The van der Waals surface area contributed by atoms with Crippen LogP contribution in [0.2, 0.25) is 10.0 Å². The van der Waals surface area contributed by atoms with Crippen molar-refractivity contribution in [2.24, 2.45) is 5.92 Å². The van der Waals surface area contributed by atoms with Crippen LogP contribution in [0.25, 0.3) is 0 Å². The molecule has 164 valence electrons. The summed E-state index contributed by atoms with van der Waals surface area (Å²) in [7, 11) is 0. The van der Waals surface area contributed by atoms with Crippen molar-refractivity contribution in [1.29, 1.82) is 0 Å². The molecule has 0 radical (unpaired) electrons. The third kappa shape index (κ3) is 5.10. The fourth-order valence-electron chi connectivity index (χ4n) is 4.32. The van der Waals surface area contributed by atoms with E-state index in [0.29, 0.717) is 41.2 Å². The number of carbonyl (C=O) groups excluding carboxylic acids is 2. The molecule has 2 amide bonds. The van der Waals surface area contributed by atoms with Crippen LogP contribution < -0.4 is 10.2 Å². The van der Waals surface area contributed by atoms with E-state index < -0.39 is 6.04 Å². The number of likely N-dealkylation sites (tertiary alicyclic amines) is 1. The maximum absolute atomic E-state index is 13.4. The molecular formula is C22H25Cl2N5O2. The number of benzene rings is 1. The highest BCUT2D eigenvalue weighted by Gasteiger charge is 2.37. The third-order valence-electron chi connectivity index (χ3n) is 5.88. The van der Waals surface area contributed by atoms with Gasteiger partial charge in [-0.15, -0.1) is 0 Å². The summed E-state index contributed by atoms with van der Waals surface area (Å²) < 4.78 is 0. The van der Waals surface area contributed by atoms with Crippen LogP contribution >= 0.6 is 23.2 Å². The number of hydrogen-bond acceptors (Lipinski definition) is 5. The number of anilines is 2. The normalized spacial score (nSPS) is 21.6. The van der Waals surface area contributed by atoms with Crippen LogP contribution in [-0.4, -0.2) is 52.4 Å². The highest BCUT2D eigenvalue weighted by atomic mass is 35.5. The zero-order valence-electron chi connectivity index (χ0n) is 17.1. The Morgan fingerprint density at radius 3 is 2.58 bits per heavy atom. The maximum atomic E-state index is 13.4. The first kappa shape index (κ1) is 21.8. The molecule has 0 spiro atoms. The van der Waals surface area contributed by atoms with Gasteiger partial charge in [-0.05, 0) is 56.4 Å². The Morgan fingerprint density at radius 1 is 1.00 bits per heavy atom. The minimum atomic E-state index is -0.487. The van der Waals surface area contributed by atoms with Crippen LogP contribution in [0.15, 0.2) is 36.7 Å². The van der Waals surface area contributed by atoms with Crippen molar-refractivity contribution >= 4 is 46.7 Å². The third-order valence-corrected chi connectivity index (χ3v) is 6.62. The molecule has 0 saturated carbocycles. The molecule has 31 heavy (non-hydrogen) atoms. The van der Waals surface area contributed by atoms with Gasteiger partial charge in [0.05, 0.1) is 16.0 Å². The lowest BCUT2D eigenvalue weighted by Gasteiger charge is -2.39. The largest absolute Gasteiger partial charge is 0.340 e. The first-order valence-electron chi connectivity index (χ1n) is 10.6. The van der Waals surface area contributed by atoms with E-state index in [2.05, 4.69) is 20.2 Å². The summed E-state index contributed by atoms with van der Waals surface area (Å²) in [6.45, 7) is 1.99. The molecule has 0 aliphatic carbocycles. The minimum Gasteiger partial charge on any atom is -0.340 e. The van der Waals surface area contributed by atoms with Gasteiger partial charge in [-0.1, -0.05) is 23.2 Å². The number of piperidine rings is 2. The van der Waals surface area contributed by atoms with Crippen molar-refractivity contribution in [3.8, 4) is 0 Å². The van der Waals surface area contributed by atoms with Crippen LogP contribution in [0.3, 0.4) is 0 Å². The first-order chi connectivity index (χ1) is 15.0. The van der Waals surface area contributed by atoms with Gasteiger partial charge in [0.2, 0.25) is 17.8 Å². The average Bonchev–Trinajstić information content (AvgIpc) is 2.81. The Kier molecular flexibility index (Phi) is 6.92. The zero-order chi connectivity index (χ0) is 21.8. The Balaban J connectivity index is 1.45. The Hall–Kier alpha value is -2.38. The quantitative estimate of drug-likeness (QED) is 0.743. The molecule has 2 aliphatic heterocycles. The van der Waals surface area contributed by atoms with Gasteiger partial charge < -0.3 is 15.1 Å². The molecule has 0 bridgehead atoms. The second kappa shape index (κ2) is 9.83. The number of carbonyl (C=O) groups is 2. The van der Waals surface area contributed by atoms with Crippen LogP contribution in [0.5, 0.6) is 0 Å².